The molecule has 28 heteroatoms. The number of rotatable bonds is 13. The Labute approximate surface area is 441 Å². The van der Waals surface area contributed by atoms with E-state index < -0.39 is 92.0 Å². The molecule has 6 rings (SSSR count). The van der Waals surface area contributed by atoms with Crippen LogP contribution in [-0.4, -0.2) is 56.3 Å². The van der Waals surface area contributed by atoms with Crippen LogP contribution in [0.2, 0.25) is 30.1 Å². The molecule has 386 valence electrons. The highest BCUT2D eigenvalue weighted by molar-refractivity contribution is 7.93. The summed E-state index contributed by atoms with van der Waals surface area (Å²) in [7, 11) is -9.26. The van der Waals surface area contributed by atoms with Crippen molar-refractivity contribution in [3.8, 4) is 0 Å². The average Bonchev–Trinajstić information content (AvgIpc) is 3.27. The number of hydrogen-bond acceptors (Lipinski definition) is 11. The van der Waals surface area contributed by atoms with Crippen molar-refractivity contribution < 1.29 is 62.4 Å². The van der Waals surface area contributed by atoms with E-state index in [1.54, 1.807) is 19.9 Å². The number of nitrogens with zero attached hydrogens (tertiary/aromatic N) is 2. The van der Waals surface area contributed by atoms with Gasteiger partial charge in [0.2, 0.25) is 17.5 Å². The lowest BCUT2D eigenvalue weighted by molar-refractivity contribution is -0.138. The quantitative estimate of drug-likeness (QED) is 0.0368. The van der Waals surface area contributed by atoms with E-state index >= 15 is 0 Å². The molecule has 1 amide bonds. The van der Waals surface area contributed by atoms with Crippen LogP contribution in [0.25, 0.3) is 0 Å². The summed E-state index contributed by atoms with van der Waals surface area (Å²) in [5.74, 6) is -0.647. The normalized spacial score (nSPS) is 11.5. The topological polar surface area (TPSA) is 224 Å². The summed E-state index contributed by atoms with van der Waals surface area (Å²) in [6.07, 6.45) is -7.66. The Kier molecular flexibility index (Phi) is 19.9. The molecular weight excluding hydrogens is 1140 g/mol. The van der Waals surface area contributed by atoms with Crippen LogP contribution in [0.4, 0.5) is 43.4 Å². The van der Waals surface area contributed by atoms with Crippen LogP contribution in [0.5, 0.6) is 0 Å². The lowest BCUT2D eigenvalue weighted by Gasteiger charge is -2.15. The molecule has 4 aromatic carbocycles. The molecule has 14 nitrogen and oxygen atoms in total. The van der Waals surface area contributed by atoms with Crippen LogP contribution in [0, 0.1) is 0 Å². The Morgan fingerprint density at radius 2 is 1.01 bits per heavy atom. The number of aromatic nitrogens is 2. The van der Waals surface area contributed by atoms with Gasteiger partial charge in [0, 0.05) is 35.2 Å². The number of nitrogens with one attached hydrogen (secondary N) is 3. The number of nitrogen functional groups attached to an aromatic ring is 1. The second kappa shape index (κ2) is 24.4. The second-order valence-electron chi connectivity index (χ2n) is 14.8. The highest BCUT2D eigenvalue weighted by atomic mass is 35.5. The Hall–Kier alpha value is -5.94. The van der Waals surface area contributed by atoms with Gasteiger partial charge in [-0.15, -0.1) is 0 Å². The number of carbonyl (C=O) groups is 3. The number of benzene rings is 4. The molecule has 0 saturated heterocycles. The minimum Gasteiger partial charge on any atom is -0.399 e. The second-order valence-corrected chi connectivity index (χ2v) is 20.7. The zero-order valence-corrected chi connectivity index (χ0v) is 43.0. The van der Waals surface area contributed by atoms with Crippen LogP contribution >= 0.6 is 69.6 Å². The summed E-state index contributed by atoms with van der Waals surface area (Å²) in [4.78, 5) is 53.3. The smallest absolute Gasteiger partial charge is 0.399 e. The number of pyridine rings is 2. The molecule has 0 atom stereocenters. The first kappa shape index (κ1) is 59.6. The van der Waals surface area contributed by atoms with E-state index in [0.717, 1.165) is 48.8 Å². The fourth-order valence-corrected chi connectivity index (χ4v) is 9.31. The molecule has 2 aromatic heterocycles. The van der Waals surface area contributed by atoms with Crippen molar-refractivity contribution in [1.82, 2.24) is 15.3 Å². The molecule has 6 aromatic rings. The summed E-state index contributed by atoms with van der Waals surface area (Å²) in [5, 5.41) is 1.30. The molecule has 0 fully saturated rings. The van der Waals surface area contributed by atoms with Gasteiger partial charge in [-0.2, -0.15) is 26.3 Å². The predicted octanol–water partition coefficient (Wildman–Crippen LogP) is 11.8. The third kappa shape index (κ3) is 16.0. The highest BCUT2D eigenvalue weighted by Gasteiger charge is 2.36. The molecule has 0 bridgehead atoms. The third-order valence-electron chi connectivity index (χ3n) is 9.06. The standard InChI is InChI=1S/C24H19Cl3F3N3O4S.C19H11Cl3F3N3O3S.C2H2O/c1-12(2)32-21(34)8-13-3-5-18(26)16(7-13)23(35)22-20(9-14(25)11-31-22)33-38(36,37)15-4-6-19(27)17(10-15)24(28,29)30;20-9-5-16(17(27-8-9)18(29)12-6-10(26)1-3-14(12)21)28-32(30,31)11-2-4-15(22)13(7-11)19(23,24)25;1-2-3/h3-7,9-12,33H,8H2,1-2H3,(H,32,34);1-8,28H,26H2;1H2. The Morgan fingerprint density at radius 3 is 1.41 bits per heavy atom. The minimum absolute atomic E-state index is 0.00101. The number of sulfonamides is 2. The molecule has 0 radical (unpaired) electrons. The maximum Gasteiger partial charge on any atom is 0.417 e. The van der Waals surface area contributed by atoms with Gasteiger partial charge in [-0.05, 0) is 105 Å². The molecule has 0 unspecified atom stereocenters. The maximum absolute atomic E-state index is 13.4. The van der Waals surface area contributed by atoms with Gasteiger partial charge in [-0.1, -0.05) is 75.7 Å². The Balaban J connectivity index is 0.000000304. The predicted molar refractivity (Wildman–Crippen MR) is 266 cm³/mol. The number of halogens is 12. The van der Waals surface area contributed by atoms with Crippen molar-refractivity contribution >= 4 is 130 Å². The Morgan fingerprint density at radius 1 is 0.630 bits per heavy atom. The first-order valence-corrected chi connectivity index (χ1v) is 25.0. The van der Waals surface area contributed by atoms with E-state index in [1.165, 1.54) is 36.3 Å². The maximum atomic E-state index is 13.4. The van der Waals surface area contributed by atoms with Crippen LogP contribution in [-0.2, 0) is 48.4 Å². The summed E-state index contributed by atoms with van der Waals surface area (Å²) < 4.78 is 135. The SMILES string of the molecule is C=C=O.CC(C)NC(=O)Cc1ccc(Cl)c(C(=O)c2ncc(Cl)cc2NS(=O)(=O)c2ccc(Cl)c(C(F)(F)F)c2)c1.Nc1ccc(Cl)c(C(=O)c2ncc(Cl)cc2NS(=O)(=O)c2ccc(Cl)c(C(F)(F)F)c2)c1. The number of nitrogens with two attached hydrogens (primary N) is 1. The van der Waals surface area contributed by atoms with E-state index in [2.05, 4.69) is 26.6 Å². The van der Waals surface area contributed by atoms with Gasteiger partial charge in [0.15, 0.2) is 0 Å². The van der Waals surface area contributed by atoms with E-state index in [4.69, 9.17) is 80.1 Å². The lowest BCUT2D eigenvalue weighted by atomic mass is 10.0. The molecule has 0 saturated carbocycles. The van der Waals surface area contributed by atoms with Crippen molar-refractivity contribution in [2.45, 2.75) is 48.5 Å². The van der Waals surface area contributed by atoms with Crippen molar-refractivity contribution in [3.63, 3.8) is 0 Å². The van der Waals surface area contributed by atoms with E-state index in [-0.39, 0.29) is 61.0 Å². The molecule has 73 heavy (non-hydrogen) atoms. The van der Waals surface area contributed by atoms with Crippen LogP contribution in [0.1, 0.15) is 62.6 Å². The Bertz CT molecular complexity index is 3380. The van der Waals surface area contributed by atoms with Crippen molar-refractivity contribution in [2.24, 2.45) is 0 Å². The number of alkyl halides is 6. The monoisotopic (exact) mass is 1170 g/mol. The van der Waals surface area contributed by atoms with E-state index in [9.17, 15) is 57.6 Å². The number of anilines is 3. The molecule has 0 aliphatic rings. The molecule has 5 N–H and O–H groups in total. The highest BCUT2D eigenvalue weighted by Crippen LogP contribution is 2.38. The van der Waals surface area contributed by atoms with Gasteiger partial charge >= 0.3 is 12.4 Å². The van der Waals surface area contributed by atoms with E-state index in [0.29, 0.717) is 17.7 Å². The third-order valence-corrected chi connectivity index (χ3v) is 13.5. The molecule has 0 aliphatic heterocycles. The summed E-state index contributed by atoms with van der Waals surface area (Å²) in [6.45, 7) is 6.26. The zero-order valence-electron chi connectivity index (χ0n) is 36.8. The molecular formula is C45H32Cl6F6N6O8S2. The minimum atomic E-state index is -4.91. The first-order valence-electron chi connectivity index (χ1n) is 19.8. The van der Waals surface area contributed by atoms with Gasteiger partial charge in [-0.3, -0.25) is 23.8 Å². The zero-order chi connectivity index (χ0) is 55.0. The van der Waals surface area contributed by atoms with Crippen LogP contribution in [0.3, 0.4) is 0 Å². The van der Waals surface area contributed by atoms with E-state index in [1.807, 2.05) is 4.72 Å². The van der Waals surface area contributed by atoms with Gasteiger partial charge < -0.3 is 11.1 Å². The number of ketones is 2. The fourth-order valence-electron chi connectivity index (χ4n) is 5.97. The van der Waals surface area contributed by atoms with Crippen LogP contribution < -0.4 is 20.5 Å². The molecule has 0 aliphatic carbocycles. The first-order chi connectivity index (χ1) is 33.8. The number of hydrogen-bond donors (Lipinski definition) is 4. The fraction of sp³-hybridized carbons (Fsp3) is 0.133. The lowest BCUT2D eigenvalue weighted by Crippen LogP contribution is -2.31. The average molecular weight is 1180 g/mol. The summed E-state index contributed by atoms with van der Waals surface area (Å²) in [6, 6.07) is 14.6. The number of carbonyl (C=O) groups excluding carboxylic acids is 4. The molecule has 2 heterocycles. The van der Waals surface area contributed by atoms with Gasteiger partial charge in [0.25, 0.3) is 20.0 Å². The van der Waals surface area contributed by atoms with Gasteiger partial charge in [0.05, 0.1) is 68.8 Å². The molecule has 0 spiro atoms. The number of amides is 1. The van der Waals surface area contributed by atoms with Crippen molar-refractivity contribution in [2.75, 3.05) is 15.2 Å². The summed E-state index contributed by atoms with van der Waals surface area (Å²) >= 11 is 35.2. The van der Waals surface area contributed by atoms with Crippen molar-refractivity contribution in [1.29, 1.82) is 0 Å². The van der Waals surface area contributed by atoms with Gasteiger partial charge in [0.1, 0.15) is 17.3 Å². The van der Waals surface area contributed by atoms with Crippen LogP contribution in [0.15, 0.2) is 114 Å². The largest absolute Gasteiger partial charge is 0.417 e. The van der Waals surface area contributed by atoms with Gasteiger partial charge in [-0.25, -0.2) is 31.6 Å². The van der Waals surface area contributed by atoms with Crippen molar-refractivity contribution in [3.05, 3.63) is 173 Å². The summed E-state index contributed by atoms with van der Waals surface area (Å²) in [5.41, 5.74) is 1.93.